The number of anilines is 1. The largest absolute Gasteiger partial charge is 0.466 e. The van der Waals surface area contributed by atoms with Gasteiger partial charge in [-0.15, -0.1) is 0 Å². The van der Waals surface area contributed by atoms with Crippen molar-refractivity contribution in [2.45, 2.75) is 50.2 Å². The first-order valence-electron chi connectivity index (χ1n) is 12.5. The van der Waals surface area contributed by atoms with Gasteiger partial charge in [0, 0.05) is 31.2 Å². The Balaban J connectivity index is 0.000000976. The molecular weight excluding hydrogens is 549 g/mol. The quantitative estimate of drug-likeness (QED) is 0.193. The first-order valence-corrected chi connectivity index (χ1v) is 15.5. The van der Waals surface area contributed by atoms with Crippen molar-refractivity contribution in [3.63, 3.8) is 0 Å². The predicted octanol–water partition coefficient (Wildman–Crippen LogP) is 2.50. The lowest BCUT2D eigenvalue weighted by atomic mass is 10.0. The third-order valence-corrected chi connectivity index (χ3v) is 7.50. The minimum Gasteiger partial charge on any atom is -0.444 e. The van der Waals surface area contributed by atoms with Gasteiger partial charge in [0.15, 0.2) is 0 Å². The number of carbonyl (C=O) groups excluding carboxylic acids is 1. The maximum absolute atomic E-state index is 13.4. The number of nitrogens with zero attached hydrogens (tertiary/aromatic N) is 1. The highest BCUT2D eigenvalue weighted by Crippen LogP contribution is 2.26. The lowest BCUT2D eigenvalue weighted by Gasteiger charge is -2.27. The molecular formula is C25H38N3O9PS. The van der Waals surface area contributed by atoms with Gasteiger partial charge in [0.05, 0.1) is 18.1 Å². The van der Waals surface area contributed by atoms with E-state index in [9.17, 15) is 13.2 Å². The minimum atomic E-state index is -4.64. The Morgan fingerprint density at radius 3 is 2.31 bits per heavy atom. The van der Waals surface area contributed by atoms with E-state index in [2.05, 4.69) is 5.32 Å². The van der Waals surface area contributed by atoms with E-state index in [0.717, 1.165) is 5.56 Å². The number of benzene rings is 2. The van der Waals surface area contributed by atoms with Crippen LogP contribution in [-0.4, -0.2) is 71.9 Å². The summed E-state index contributed by atoms with van der Waals surface area (Å²) in [4.78, 5) is 34.3. The van der Waals surface area contributed by atoms with Gasteiger partial charge in [0.1, 0.15) is 6.10 Å². The molecule has 2 atom stereocenters. The standard InChI is InChI=1S/C25H35N3O5S.H3O4P/c1-19(2)17-28(34(30,31)24-10-8-21(26)9-11-24)14-12-22(16-20-6-4-3-5-7-20)27-25(29)33-23-13-15-32-18-23;1-5(2,3)4/h3-11,19,22-23H,12-18,26H2,1-2H3,(H,27,29);(H3,1,2,3,4)/t22-,23?;/m1./s1. The van der Waals surface area contributed by atoms with Crippen molar-refractivity contribution < 1.29 is 41.9 Å². The van der Waals surface area contributed by atoms with E-state index >= 15 is 0 Å². The number of carbonyl (C=O) groups is 1. The second-order valence-corrected chi connectivity index (χ2v) is 12.5. The zero-order valence-corrected chi connectivity index (χ0v) is 23.8. The van der Waals surface area contributed by atoms with E-state index in [1.165, 1.54) is 16.4 Å². The van der Waals surface area contributed by atoms with E-state index < -0.39 is 23.9 Å². The summed E-state index contributed by atoms with van der Waals surface area (Å²) >= 11 is 0. The second-order valence-electron chi connectivity index (χ2n) is 9.55. The van der Waals surface area contributed by atoms with E-state index in [-0.39, 0.29) is 29.5 Å². The summed E-state index contributed by atoms with van der Waals surface area (Å²) in [5, 5.41) is 2.95. The molecule has 2 aromatic rings. The fraction of sp³-hybridized carbons (Fsp3) is 0.480. The monoisotopic (exact) mass is 587 g/mol. The number of alkyl carbamates (subject to hydrolysis) is 1. The molecule has 6 N–H and O–H groups in total. The van der Waals surface area contributed by atoms with Gasteiger partial charge in [-0.1, -0.05) is 44.2 Å². The molecule has 0 spiro atoms. The maximum atomic E-state index is 13.4. The van der Waals surface area contributed by atoms with Crippen LogP contribution in [0.3, 0.4) is 0 Å². The van der Waals surface area contributed by atoms with Gasteiger partial charge in [0.2, 0.25) is 10.0 Å². The van der Waals surface area contributed by atoms with E-state index in [1.807, 2.05) is 44.2 Å². The van der Waals surface area contributed by atoms with Crippen molar-refractivity contribution in [3.05, 3.63) is 60.2 Å². The van der Waals surface area contributed by atoms with Crippen molar-refractivity contribution in [3.8, 4) is 0 Å². The van der Waals surface area contributed by atoms with Crippen LogP contribution < -0.4 is 11.1 Å². The van der Waals surface area contributed by atoms with Crippen LogP contribution in [0.1, 0.15) is 32.3 Å². The van der Waals surface area contributed by atoms with Gasteiger partial charge in [0.25, 0.3) is 0 Å². The molecule has 1 amide bonds. The molecule has 3 rings (SSSR count). The van der Waals surface area contributed by atoms with Crippen molar-refractivity contribution in [2.75, 3.05) is 32.0 Å². The fourth-order valence-corrected chi connectivity index (χ4v) is 5.51. The minimum absolute atomic E-state index is 0.136. The Labute approximate surface area is 229 Å². The first-order chi connectivity index (χ1) is 18.2. The fourth-order valence-electron chi connectivity index (χ4n) is 3.89. The molecule has 1 fully saturated rings. The molecule has 2 aromatic carbocycles. The second kappa shape index (κ2) is 15.3. The van der Waals surface area contributed by atoms with Crippen LogP contribution in [0.5, 0.6) is 0 Å². The number of nitrogens with two attached hydrogens (primary N) is 1. The normalized spacial score (nSPS) is 16.4. The number of hydrogen-bond donors (Lipinski definition) is 5. The molecule has 1 saturated heterocycles. The van der Waals surface area contributed by atoms with Crippen molar-refractivity contribution in [1.82, 2.24) is 9.62 Å². The van der Waals surface area contributed by atoms with Crippen LogP contribution in [0.4, 0.5) is 10.5 Å². The van der Waals surface area contributed by atoms with Crippen LogP contribution in [0, 0.1) is 5.92 Å². The summed E-state index contributed by atoms with van der Waals surface area (Å²) < 4.78 is 47.8. The molecule has 0 aliphatic carbocycles. The summed E-state index contributed by atoms with van der Waals surface area (Å²) in [7, 11) is -8.35. The molecule has 0 bridgehead atoms. The van der Waals surface area contributed by atoms with Gasteiger partial charge in [-0.05, 0) is 48.6 Å². The molecule has 1 aliphatic rings. The van der Waals surface area contributed by atoms with Crippen LogP contribution in [-0.2, 0) is 30.5 Å². The number of sulfonamides is 1. The van der Waals surface area contributed by atoms with Crippen LogP contribution in [0.2, 0.25) is 0 Å². The third-order valence-electron chi connectivity index (χ3n) is 5.62. The Hall–Kier alpha value is -2.51. The number of rotatable bonds is 11. The SMILES string of the molecule is CC(C)CN(CC[C@H](Cc1ccccc1)NC(=O)OC1CCOC1)S(=O)(=O)c1ccc(N)cc1.O=P(O)(O)O. The Morgan fingerprint density at radius 2 is 1.77 bits per heavy atom. The summed E-state index contributed by atoms with van der Waals surface area (Å²) in [6, 6.07) is 15.7. The summed E-state index contributed by atoms with van der Waals surface area (Å²) in [6.07, 6.45) is 0.924. The number of phosphoric acid groups is 1. The smallest absolute Gasteiger partial charge is 0.444 e. The van der Waals surface area contributed by atoms with Gasteiger partial charge in [-0.3, -0.25) is 0 Å². The molecule has 0 radical (unpaired) electrons. The van der Waals surface area contributed by atoms with Crippen LogP contribution in [0.15, 0.2) is 59.5 Å². The zero-order valence-electron chi connectivity index (χ0n) is 22.0. The molecule has 0 aromatic heterocycles. The highest BCUT2D eigenvalue weighted by molar-refractivity contribution is 7.89. The number of nitrogen functional groups attached to an aromatic ring is 1. The van der Waals surface area contributed by atoms with E-state index in [0.29, 0.717) is 44.7 Å². The lowest BCUT2D eigenvalue weighted by molar-refractivity contribution is 0.0803. The summed E-state index contributed by atoms with van der Waals surface area (Å²) in [5.41, 5.74) is 7.29. The number of nitrogens with one attached hydrogen (secondary N) is 1. The average Bonchev–Trinajstić information content (AvgIpc) is 3.34. The van der Waals surface area contributed by atoms with Crippen LogP contribution >= 0.6 is 7.82 Å². The molecule has 1 heterocycles. The highest BCUT2D eigenvalue weighted by Gasteiger charge is 2.27. The van der Waals surface area contributed by atoms with Gasteiger partial charge in [-0.25, -0.2) is 17.8 Å². The van der Waals surface area contributed by atoms with Crippen molar-refractivity contribution in [1.29, 1.82) is 0 Å². The molecule has 218 valence electrons. The molecule has 14 heteroatoms. The molecule has 1 aliphatic heterocycles. The number of ether oxygens (including phenoxy) is 2. The number of hydrogen-bond acceptors (Lipinski definition) is 7. The van der Waals surface area contributed by atoms with Crippen LogP contribution in [0.25, 0.3) is 0 Å². The molecule has 0 saturated carbocycles. The van der Waals surface area contributed by atoms with Crippen molar-refractivity contribution in [2.24, 2.45) is 5.92 Å². The van der Waals surface area contributed by atoms with E-state index in [4.69, 9.17) is 34.5 Å². The Bertz CT molecular complexity index is 1160. The first kappa shape index (κ1) is 32.7. The number of amides is 1. The Kier molecular flexibility index (Phi) is 12.8. The van der Waals surface area contributed by atoms with Gasteiger partial charge in [-0.2, -0.15) is 4.31 Å². The van der Waals surface area contributed by atoms with E-state index in [1.54, 1.807) is 12.1 Å². The molecule has 39 heavy (non-hydrogen) atoms. The summed E-state index contributed by atoms with van der Waals surface area (Å²) in [6.45, 7) is 5.57. The lowest BCUT2D eigenvalue weighted by Crippen LogP contribution is -2.42. The molecule has 1 unspecified atom stereocenters. The highest BCUT2D eigenvalue weighted by atomic mass is 32.2. The zero-order chi connectivity index (χ0) is 29.1. The maximum Gasteiger partial charge on any atom is 0.466 e. The third kappa shape index (κ3) is 12.9. The average molecular weight is 588 g/mol. The topological polar surface area (TPSA) is 189 Å². The van der Waals surface area contributed by atoms with Gasteiger partial charge < -0.3 is 35.2 Å². The Morgan fingerprint density at radius 1 is 1.15 bits per heavy atom. The summed E-state index contributed by atoms with van der Waals surface area (Å²) in [5.74, 6) is 0.136. The molecule has 12 nitrogen and oxygen atoms in total. The predicted molar refractivity (Wildman–Crippen MR) is 146 cm³/mol. The van der Waals surface area contributed by atoms with Gasteiger partial charge >= 0.3 is 13.9 Å². The van der Waals surface area contributed by atoms with Crippen molar-refractivity contribution >= 4 is 29.6 Å².